The van der Waals surface area contributed by atoms with E-state index in [0.29, 0.717) is 5.92 Å². The highest BCUT2D eigenvalue weighted by Gasteiger charge is 2.32. The number of hydrogen-bond acceptors (Lipinski definition) is 3. The smallest absolute Gasteiger partial charge is 0.254 e. The minimum absolute atomic E-state index is 0.0688. The highest BCUT2D eigenvalue weighted by molar-refractivity contribution is 6.05. The van der Waals surface area contributed by atoms with E-state index in [0.717, 1.165) is 48.0 Å². The molecule has 1 atom stereocenters. The normalized spacial score (nSPS) is 18.6. The fraction of sp³-hybridized carbons (Fsp3) is 0.435. The van der Waals surface area contributed by atoms with Crippen LogP contribution in [0.3, 0.4) is 0 Å². The molecule has 2 aliphatic rings. The van der Waals surface area contributed by atoms with Gasteiger partial charge in [0.1, 0.15) is 0 Å². The molecule has 0 spiro atoms. The number of pyridine rings is 1. The predicted molar refractivity (Wildman–Crippen MR) is 109 cm³/mol. The van der Waals surface area contributed by atoms with Crippen molar-refractivity contribution < 1.29 is 4.79 Å². The molecule has 144 valence electrons. The van der Waals surface area contributed by atoms with E-state index in [9.17, 15) is 4.79 Å². The third-order valence-corrected chi connectivity index (χ3v) is 6.19. The van der Waals surface area contributed by atoms with Gasteiger partial charge in [0.05, 0.1) is 23.2 Å². The summed E-state index contributed by atoms with van der Waals surface area (Å²) in [7, 11) is 1.94. The van der Waals surface area contributed by atoms with E-state index >= 15 is 0 Å². The van der Waals surface area contributed by atoms with E-state index in [1.54, 1.807) is 0 Å². The second-order valence-electron chi connectivity index (χ2n) is 8.46. The van der Waals surface area contributed by atoms with Crippen molar-refractivity contribution >= 4 is 16.9 Å². The molecular formula is C23H26N4O. The largest absolute Gasteiger partial charge is 0.335 e. The summed E-state index contributed by atoms with van der Waals surface area (Å²) in [6, 6.07) is 10.8. The highest BCUT2D eigenvalue weighted by Crippen LogP contribution is 2.41. The van der Waals surface area contributed by atoms with Crippen LogP contribution >= 0.6 is 0 Å². The first-order valence-corrected chi connectivity index (χ1v) is 10.3. The van der Waals surface area contributed by atoms with Crippen molar-refractivity contribution in [1.82, 2.24) is 19.7 Å². The SMILES string of the molecule is CC(C)n1ncc2c(C(=O)N(C)C3CCc4ccccc43)cc(C3CC3)nc21. The third-order valence-electron chi connectivity index (χ3n) is 6.19. The minimum Gasteiger partial charge on any atom is -0.335 e. The van der Waals surface area contributed by atoms with Gasteiger partial charge in [0.15, 0.2) is 5.65 Å². The molecule has 1 amide bonds. The van der Waals surface area contributed by atoms with E-state index in [1.807, 2.05) is 28.9 Å². The van der Waals surface area contributed by atoms with Crippen LogP contribution in [0.4, 0.5) is 0 Å². The molecule has 3 aromatic rings. The van der Waals surface area contributed by atoms with Crippen LogP contribution in [0.5, 0.6) is 0 Å². The number of carbonyl (C=O) groups excluding carboxylic acids is 1. The fourth-order valence-corrected chi connectivity index (χ4v) is 4.45. The average molecular weight is 374 g/mol. The Morgan fingerprint density at radius 1 is 1.21 bits per heavy atom. The molecule has 0 bridgehead atoms. The molecule has 0 radical (unpaired) electrons. The number of fused-ring (bicyclic) bond motifs is 2. The topological polar surface area (TPSA) is 51.0 Å². The number of rotatable bonds is 4. The number of hydrogen-bond donors (Lipinski definition) is 0. The number of aryl methyl sites for hydroxylation is 1. The van der Waals surface area contributed by atoms with Gasteiger partial charge in [0.2, 0.25) is 0 Å². The van der Waals surface area contributed by atoms with Crippen LogP contribution in [0.15, 0.2) is 36.5 Å². The van der Waals surface area contributed by atoms with Gasteiger partial charge in [-0.2, -0.15) is 5.10 Å². The Morgan fingerprint density at radius 2 is 2.00 bits per heavy atom. The molecule has 2 heterocycles. The van der Waals surface area contributed by atoms with Gasteiger partial charge in [-0.1, -0.05) is 24.3 Å². The lowest BCUT2D eigenvalue weighted by atomic mass is 10.0. The van der Waals surface area contributed by atoms with Gasteiger partial charge in [-0.3, -0.25) is 4.79 Å². The lowest BCUT2D eigenvalue weighted by Gasteiger charge is -2.26. The van der Waals surface area contributed by atoms with Gasteiger partial charge in [-0.15, -0.1) is 0 Å². The zero-order chi connectivity index (χ0) is 19.4. The van der Waals surface area contributed by atoms with Crippen molar-refractivity contribution in [1.29, 1.82) is 0 Å². The number of aromatic nitrogens is 3. The maximum Gasteiger partial charge on any atom is 0.254 e. The molecular weight excluding hydrogens is 348 g/mol. The molecule has 5 heteroatoms. The van der Waals surface area contributed by atoms with Crippen LogP contribution in [0.1, 0.15) is 78.3 Å². The molecule has 2 aliphatic carbocycles. The maximum atomic E-state index is 13.6. The van der Waals surface area contributed by atoms with E-state index in [4.69, 9.17) is 4.98 Å². The molecule has 1 aromatic carbocycles. The van der Waals surface area contributed by atoms with E-state index in [-0.39, 0.29) is 18.0 Å². The van der Waals surface area contributed by atoms with Gasteiger partial charge in [-0.25, -0.2) is 9.67 Å². The van der Waals surface area contributed by atoms with Gasteiger partial charge in [0, 0.05) is 24.7 Å². The number of carbonyl (C=O) groups is 1. The molecule has 0 saturated heterocycles. The van der Waals surface area contributed by atoms with E-state index in [2.05, 4.69) is 43.2 Å². The lowest BCUT2D eigenvalue weighted by Crippen LogP contribution is -2.30. The number of amides is 1. The maximum absolute atomic E-state index is 13.6. The second-order valence-corrected chi connectivity index (χ2v) is 8.46. The van der Waals surface area contributed by atoms with Crippen molar-refractivity contribution in [3.8, 4) is 0 Å². The molecule has 1 saturated carbocycles. The summed E-state index contributed by atoms with van der Waals surface area (Å²) in [5.74, 6) is 0.559. The number of nitrogens with zero attached hydrogens (tertiary/aromatic N) is 4. The van der Waals surface area contributed by atoms with Crippen LogP contribution in [-0.2, 0) is 6.42 Å². The summed E-state index contributed by atoms with van der Waals surface area (Å²) < 4.78 is 1.93. The van der Waals surface area contributed by atoms with Crippen LogP contribution in [0.25, 0.3) is 11.0 Å². The summed E-state index contributed by atoms with van der Waals surface area (Å²) in [6.45, 7) is 4.20. The Balaban J connectivity index is 1.57. The van der Waals surface area contributed by atoms with E-state index < -0.39 is 0 Å². The first-order chi connectivity index (χ1) is 13.5. The molecule has 28 heavy (non-hydrogen) atoms. The monoisotopic (exact) mass is 374 g/mol. The van der Waals surface area contributed by atoms with Crippen molar-refractivity contribution in [3.05, 3.63) is 58.9 Å². The van der Waals surface area contributed by atoms with Crippen molar-refractivity contribution in [2.75, 3.05) is 7.05 Å². The molecule has 1 fully saturated rings. The Labute approximate surface area is 165 Å². The molecule has 0 aliphatic heterocycles. The van der Waals surface area contributed by atoms with Crippen LogP contribution in [0.2, 0.25) is 0 Å². The summed E-state index contributed by atoms with van der Waals surface area (Å²) >= 11 is 0. The molecule has 1 unspecified atom stereocenters. The third kappa shape index (κ3) is 2.72. The molecule has 2 aromatic heterocycles. The Hall–Kier alpha value is -2.69. The second kappa shape index (κ2) is 6.43. The quantitative estimate of drug-likeness (QED) is 0.668. The highest BCUT2D eigenvalue weighted by atomic mass is 16.2. The fourth-order valence-electron chi connectivity index (χ4n) is 4.45. The Bertz CT molecular complexity index is 1060. The zero-order valence-electron chi connectivity index (χ0n) is 16.7. The first-order valence-electron chi connectivity index (χ1n) is 10.3. The van der Waals surface area contributed by atoms with Gasteiger partial charge < -0.3 is 4.90 Å². The molecule has 0 N–H and O–H groups in total. The zero-order valence-corrected chi connectivity index (χ0v) is 16.7. The standard InChI is InChI=1S/C23H26N4O/c1-14(2)27-22-19(13-24-27)18(12-20(25-22)16-8-9-16)23(28)26(3)21-11-10-15-6-4-5-7-17(15)21/h4-7,12-14,16,21H,8-11H2,1-3H3. The van der Waals surface area contributed by atoms with Crippen molar-refractivity contribution in [2.45, 2.75) is 57.5 Å². The average Bonchev–Trinajstić information content (AvgIpc) is 3.32. The van der Waals surface area contributed by atoms with Crippen molar-refractivity contribution in [2.24, 2.45) is 0 Å². The summed E-state index contributed by atoms with van der Waals surface area (Å²) in [5.41, 5.74) is 5.26. The summed E-state index contributed by atoms with van der Waals surface area (Å²) in [6.07, 6.45) is 6.14. The Kier molecular flexibility index (Phi) is 4.00. The predicted octanol–water partition coefficient (Wildman–Crippen LogP) is 4.65. The molecule has 5 rings (SSSR count). The van der Waals surface area contributed by atoms with Gasteiger partial charge >= 0.3 is 0 Å². The van der Waals surface area contributed by atoms with Crippen LogP contribution < -0.4 is 0 Å². The lowest BCUT2D eigenvalue weighted by molar-refractivity contribution is 0.0732. The summed E-state index contributed by atoms with van der Waals surface area (Å²) in [5, 5.41) is 5.40. The van der Waals surface area contributed by atoms with Crippen molar-refractivity contribution in [3.63, 3.8) is 0 Å². The van der Waals surface area contributed by atoms with Gasteiger partial charge in [0.25, 0.3) is 5.91 Å². The molecule has 5 nitrogen and oxygen atoms in total. The first kappa shape index (κ1) is 17.4. The number of benzene rings is 1. The van der Waals surface area contributed by atoms with Crippen LogP contribution in [-0.4, -0.2) is 32.6 Å². The van der Waals surface area contributed by atoms with E-state index in [1.165, 1.54) is 11.1 Å². The summed E-state index contributed by atoms with van der Waals surface area (Å²) in [4.78, 5) is 20.4. The minimum atomic E-state index is 0.0688. The Morgan fingerprint density at radius 3 is 2.75 bits per heavy atom. The van der Waals surface area contributed by atoms with Crippen LogP contribution in [0, 0.1) is 0 Å². The van der Waals surface area contributed by atoms with Gasteiger partial charge in [-0.05, 0) is 56.7 Å².